The molecule has 0 bridgehead atoms. The van der Waals surface area contributed by atoms with Crippen molar-refractivity contribution < 1.29 is 39.3 Å². The number of carboxylic acids is 2. The van der Waals surface area contributed by atoms with E-state index in [9.17, 15) is 29.1 Å². The number of aromatic amines is 2. The zero-order chi connectivity index (χ0) is 26.7. The molecule has 0 spiro atoms. The number of nitrogens with zero attached hydrogens (tertiary/aromatic N) is 2. The average Bonchev–Trinajstić information content (AvgIpc) is 3.53. The van der Waals surface area contributed by atoms with Gasteiger partial charge in [-0.15, -0.1) is 0 Å². The summed E-state index contributed by atoms with van der Waals surface area (Å²) in [6, 6.07) is -5.37. The van der Waals surface area contributed by atoms with E-state index in [1.807, 2.05) is 0 Å². The molecule has 16 heteroatoms. The van der Waals surface area contributed by atoms with Crippen LogP contribution >= 0.6 is 0 Å². The van der Waals surface area contributed by atoms with E-state index in [-0.39, 0.29) is 25.7 Å². The minimum absolute atomic E-state index is 0.0734. The number of hydrogen-bond donors (Lipinski definition) is 9. The number of aromatic nitrogens is 4. The number of carbonyl (C=O) groups excluding carboxylic acids is 3. The second-order valence-corrected chi connectivity index (χ2v) is 7.81. The van der Waals surface area contributed by atoms with Gasteiger partial charge < -0.3 is 47.0 Å². The highest BCUT2D eigenvalue weighted by atomic mass is 16.4. The predicted molar refractivity (Wildman–Crippen MR) is 120 cm³/mol. The van der Waals surface area contributed by atoms with Crippen LogP contribution in [-0.4, -0.2) is 95.7 Å². The van der Waals surface area contributed by atoms with Crippen LogP contribution in [0, 0.1) is 0 Å². The van der Waals surface area contributed by atoms with Crippen molar-refractivity contribution in [3.8, 4) is 0 Å². The minimum atomic E-state index is -1.61. The van der Waals surface area contributed by atoms with E-state index >= 15 is 0 Å². The number of aliphatic hydroxyl groups is 1. The molecule has 2 heterocycles. The highest BCUT2D eigenvalue weighted by Gasteiger charge is 2.31. The molecule has 3 amide bonds. The molecule has 4 atom stereocenters. The number of nitrogens with one attached hydrogen (secondary N) is 5. The normalized spacial score (nSPS) is 14.2. The summed E-state index contributed by atoms with van der Waals surface area (Å²) in [5.41, 5.74) is 6.65. The lowest BCUT2D eigenvalue weighted by Crippen LogP contribution is -2.58. The summed E-state index contributed by atoms with van der Waals surface area (Å²) >= 11 is 0. The van der Waals surface area contributed by atoms with Crippen LogP contribution in [0.4, 0.5) is 0 Å². The van der Waals surface area contributed by atoms with Gasteiger partial charge in [0.2, 0.25) is 17.7 Å². The molecule has 36 heavy (non-hydrogen) atoms. The summed E-state index contributed by atoms with van der Waals surface area (Å²) < 4.78 is 0. The summed E-state index contributed by atoms with van der Waals surface area (Å²) in [5.74, 6) is -5.10. The smallest absolute Gasteiger partial charge is 0.328 e. The molecule has 2 rings (SSSR count). The van der Waals surface area contributed by atoms with Crippen LogP contribution in [0.3, 0.4) is 0 Å². The highest BCUT2D eigenvalue weighted by molar-refractivity contribution is 5.94. The van der Waals surface area contributed by atoms with Crippen molar-refractivity contribution in [2.75, 3.05) is 6.61 Å². The molecule has 0 radical (unpaired) electrons. The lowest BCUT2D eigenvalue weighted by molar-refractivity contribution is -0.143. The second kappa shape index (κ2) is 13.5. The molecule has 4 unspecified atom stereocenters. The number of nitrogens with two attached hydrogens (primary N) is 1. The number of imidazole rings is 2. The van der Waals surface area contributed by atoms with Gasteiger partial charge in [0, 0.05) is 43.0 Å². The largest absolute Gasteiger partial charge is 0.481 e. The fourth-order valence-electron chi connectivity index (χ4n) is 3.07. The van der Waals surface area contributed by atoms with Crippen LogP contribution in [0.5, 0.6) is 0 Å². The van der Waals surface area contributed by atoms with Crippen LogP contribution in [0.2, 0.25) is 0 Å². The summed E-state index contributed by atoms with van der Waals surface area (Å²) in [7, 11) is 0. The third-order valence-corrected chi connectivity index (χ3v) is 5.03. The zero-order valence-corrected chi connectivity index (χ0v) is 19.0. The second-order valence-electron chi connectivity index (χ2n) is 7.81. The number of aliphatic hydroxyl groups excluding tert-OH is 1. The van der Waals surface area contributed by atoms with Crippen LogP contribution < -0.4 is 21.7 Å². The molecular weight excluding hydrogens is 480 g/mol. The molecule has 0 aromatic carbocycles. The van der Waals surface area contributed by atoms with Gasteiger partial charge in [-0.25, -0.2) is 14.8 Å². The fraction of sp³-hybridized carbons (Fsp3) is 0.450. The fourth-order valence-corrected chi connectivity index (χ4v) is 3.07. The number of amides is 3. The molecule has 0 aliphatic heterocycles. The number of H-pyrrole nitrogens is 2. The Bertz CT molecular complexity index is 1030. The maximum Gasteiger partial charge on any atom is 0.328 e. The van der Waals surface area contributed by atoms with Crippen molar-refractivity contribution in [2.45, 2.75) is 49.9 Å². The van der Waals surface area contributed by atoms with Gasteiger partial charge in [-0.3, -0.25) is 19.2 Å². The first-order valence-corrected chi connectivity index (χ1v) is 10.8. The quantitative estimate of drug-likeness (QED) is 0.115. The predicted octanol–water partition coefficient (Wildman–Crippen LogP) is -3.36. The Balaban J connectivity index is 2.20. The lowest BCUT2D eigenvalue weighted by Gasteiger charge is -2.24. The van der Waals surface area contributed by atoms with Gasteiger partial charge in [-0.1, -0.05) is 0 Å². The van der Waals surface area contributed by atoms with Crippen molar-refractivity contribution in [1.29, 1.82) is 0 Å². The van der Waals surface area contributed by atoms with Gasteiger partial charge in [-0.2, -0.15) is 0 Å². The van der Waals surface area contributed by atoms with Gasteiger partial charge in [0.25, 0.3) is 0 Å². The molecule has 0 aliphatic carbocycles. The van der Waals surface area contributed by atoms with Gasteiger partial charge in [0.05, 0.1) is 25.3 Å². The average molecular weight is 508 g/mol. The SMILES string of the molecule is NC(CCC(=O)O)C(=O)NC(Cc1cnc[nH]1)C(=O)NC(Cc1cnc[nH]1)C(=O)NC(CO)C(=O)O. The highest BCUT2D eigenvalue weighted by Crippen LogP contribution is 2.05. The molecule has 196 valence electrons. The Morgan fingerprint density at radius 2 is 1.31 bits per heavy atom. The van der Waals surface area contributed by atoms with Crippen molar-refractivity contribution in [3.63, 3.8) is 0 Å². The molecular formula is C20H28N8O8. The van der Waals surface area contributed by atoms with Gasteiger partial charge in [0.1, 0.15) is 18.1 Å². The van der Waals surface area contributed by atoms with Gasteiger partial charge in [0.15, 0.2) is 0 Å². The van der Waals surface area contributed by atoms with Crippen LogP contribution in [0.1, 0.15) is 24.2 Å². The molecule has 2 aromatic rings. The van der Waals surface area contributed by atoms with Crippen molar-refractivity contribution in [3.05, 3.63) is 36.4 Å². The Hall–Kier alpha value is -4.31. The maximum absolute atomic E-state index is 13.2. The third kappa shape index (κ3) is 8.80. The van der Waals surface area contributed by atoms with Crippen molar-refractivity contribution >= 4 is 29.7 Å². The van der Waals surface area contributed by atoms with Crippen LogP contribution in [-0.2, 0) is 36.8 Å². The van der Waals surface area contributed by atoms with E-state index in [0.717, 1.165) is 0 Å². The van der Waals surface area contributed by atoms with E-state index in [1.165, 1.54) is 25.0 Å². The monoisotopic (exact) mass is 508 g/mol. The molecule has 2 aromatic heterocycles. The van der Waals surface area contributed by atoms with Crippen LogP contribution in [0.25, 0.3) is 0 Å². The number of hydrogen-bond acceptors (Lipinski definition) is 9. The van der Waals surface area contributed by atoms with E-state index in [2.05, 4.69) is 35.9 Å². The summed E-state index contributed by atoms with van der Waals surface area (Å²) in [6.45, 7) is -0.876. The van der Waals surface area contributed by atoms with Gasteiger partial charge in [-0.05, 0) is 6.42 Å². The van der Waals surface area contributed by atoms with E-state index in [1.54, 1.807) is 0 Å². The summed E-state index contributed by atoms with van der Waals surface area (Å²) in [4.78, 5) is 73.7. The Morgan fingerprint density at radius 1 is 0.833 bits per heavy atom. The van der Waals surface area contributed by atoms with Gasteiger partial charge >= 0.3 is 11.9 Å². The van der Waals surface area contributed by atoms with Crippen LogP contribution in [0.15, 0.2) is 25.0 Å². The maximum atomic E-state index is 13.2. The Morgan fingerprint density at radius 3 is 1.69 bits per heavy atom. The minimum Gasteiger partial charge on any atom is -0.481 e. The van der Waals surface area contributed by atoms with E-state index in [4.69, 9.17) is 15.9 Å². The Labute approximate surface area is 204 Å². The zero-order valence-electron chi connectivity index (χ0n) is 19.0. The standard InChI is InChI=1S/C20H28N8O8/c21-12(1-2-16(30)31)17(32)26-13(3-10-5-22-8-24-10)18(33)27-14(4-11-6-23-9-25-11)19(34)28-15(7-29)20(35)36/h5-6,8-9,12-15,29H,1-4,7,21H2,(H,22,24)(H,23,25)(H,26,32)(H,27,33)(H,28,34)(H,30,31)(H,35,36). The van der Waals surface area contributed by atoms with Crippen molar-refractivity contribution in [1.82, 2.24) is 35.9 Å². The third-order valence-electron chi connectivity index (χ3n) is 5.03. The van der Waals surface area contributed by atoms with E-state index in [0.29, 0.717) is 11.4 Å². The summed E-state index contributed by atoms with van der Waals surface area (Å²) in [6.07, 6.45) is 4.83. The van der Waals surface area contributed by atoms with E-state index < -0.39 is 60.4 Å². The van der Waals surface area contributed by atoms with Crippen molar-refractivity contribution in [2.24, 2.45) is 5.73 Å². The first kappa shape index (κ1) is 27.9. The first-order chi connectivity index (χ1) is 17.1. The lowest BCUT2D eigenvalue weighted by atomic mass is 10.1. The first-order valence-electron chi connectivity index (χ1n) is 10.8. The molecule has 0 saturated carbocycles. The number of carbonyl (C=O) groups is 5. The molecule has 0 saturated heterocycles. The molecule has 10 N–H and O–H groups in total. The molecule has 16 nitrogen and oxygen atoms in total. The number of aliphatic carboxylic acids is 2. The molecule has 0 aliphatic rings. The Kier molecular flexibility index (Phi) is 10.5. The molecule has 0 fully saturated rings. The number of rotatable bonds is 15. The topological polar surface area (TPSA) is 266 Å². The summed E-state index contributed by atoms with van der Waals surface area (Å²) in [5, 5.41) is 34.2. The number of carboxylic acid groups (broad SMARTS) is 2.